The molecule has 0 saturated carbocycles. The molecule has 2 fully saturated rings. The van der Waals surface area contributed by atoms with Crippen LogP contribution in [0.15, 0.2) is 36.8 Å². The van der Waals surface area contributed by atoms with Crippen LogP contribution < -0.4 is 9.80 Å². The monoisotopic (exact) mass is 414 g/mol. The second-order valence-corrected chi connectivity index (χ2v) is 8.07. The number of piperazine rings is 2. The normalized spacial score (nSPS) is 18.2. The Kier molecular flexibility index (Phi) is 6.16. The second kappa shape index (κ2) is 8.97. The van der Waals surface area contributed by atoms with Crippen molar-refractivity contribution < 1.29 is 4.79 Å². The van der Waals surface area contributed by atoms with Crippen molar-refractivity contribution in [3.05, 3.63) is 47.4 Å². The van der Waals surface area contributed by atoms with Gasteiger partial charge in [-0.2, -0.15) is 0 Å². The first kappa shape index (κ1) is 19.9. The summed E-state index contributed by atoms with van der Waals surface area (Å²) in [5.41, 5.74) is 2.51. The summed E-state index contributed by atoms with van der Waals surface area (Å²) in [5, 5.41) is 0.573. The van der Waals surface area contributed by atoms with E-state index in [0.29, 0.717) is 11.6 Å². The Bertz CT molecular complexity index is 847. The highest BCUT2D eigenvalue weighted by Gasteiger charge is 2.25. The van der Waals surface area contributed by atoms with Crippen molar-refractivity contribution in [1.29, 1.82) is 0 Å². The summed E-state index contributed by atoms with van der Waals surface area (Å²) in [4.78, 5) is 29.7. The summed E-state index contributed by atoms with van der Waals surface area (Å²) in [7, 11) is 0. The number of amides is 1. The van der Waals surface area contributed by atoms with E-state index in [0.717, 1.165) is 58.2 Å². The van der Waals surface area contributed by atoms with Crippen molar-refractivity contribution in [2.24, 2.45) is 0 Å². The first-order chi connectivity index (χ1) is 14.1. The fraction of sp³-hybridized carbons (Fsp3) is 0.476. The number of carbonyl (C=O) groups excluding carboxylic acids is 1. The molecule has 1 aromatic heterocycles. The molecule has 0 radical (unpaired) electrons. The summed E-state index contributed by atoms with van der Waals surface area (Å²) < 4.78 is 0. The van der Waals surface area contributed by atoms with Gasteiger partial charge in [-0.05, 0) is 24.6 Å². The predicted molar refractivity (Wildman–Crippen MR) is 116 cm³/mol. The van der Waals surface area contributed by atoms with E-state index in [9.17, 15) is 4.79 Å². The fourth-order valence-corrected chi connectivity index (χ4v) is 4.21. The molecule has 7 nitrogen and oxygen atoms in total. The average molecular weight is 415 g/mol. The number of benzene rings is 1. The molecule has 3 heterocycles. The molecule has 0 aliphatic carbocycles. The van der Waals surface area contributed by atoms with Gasteiger partial charge in [0.15, 0.2) is 5.82 Å². The second-order valence-electron chi connectivity index (χ2n) is 7.66. The predicted octanol–water partition coefficient (Wildman–Crippen LogP) is 1.91. The Labute approximate surface area is 176 Å². The van der Waals surface area contributed by atoms with Crippen LogP contribution in [0.4, 0.5) is 11.5 Å². The Morgan fingerprint density at radius 3 is 2.45 bits per heavy atom. The highest BCUT2D eigenvalue weighted by molar-refractivity contribution is 6.32. The molecule has 2 aliphatic heterocycles. The van der Waals surface area contributed by atoms with Gasteiger partial charge in [0.1, 0.15) is 11.3 Å². The van der Waals surface area contributed by atoms with E-state index in [-0.39, 0.29) is 5.91 Å². The zero-order valence-corrected chi connectivity index (χ0v) is 17.6. The number of halogens is 1. The third-order valence-electron chi connectivity index (χ3n) is 5.68. The number of rotatable bonds is 4. The number of nitrogens with zero attached hydrogens (tertiary/aromatic N) is 6. The molecular weight excluding hydrogens is 388 g/mol. The Morgan fingerprint density at radius 1 is 1.03 bits per heavy atom. The van der Waals surface area contributed by atoms with E-state index < -0.39 is 0 Å². The zero-order valence-electron chi connectivity index (χ0n) is 16.8. The molecule has 1 amide bonds. The Balaban J connectivity index is 1.24. The summed E-state index contributed by atoms with van der Waals surface area (Å²) in [6.45, 7) is 9.20. The number of aromatic nitrogens is 2. The van der Waals surface area contributed by atoms with Crippen molar-refractivity contribution in [1.82, 2.24) is 19.8 Å². The van der Waals surface area contributed by atoms with Crippen LogP contribution in [0.3, 0.4) is 0 Å². The molecular formula is C21H27ClN6O. The van der Waals surface area contributed by atoms with Gasteiger partial charge in [0.05, 0.1) is 12.7 Å². The summed E-state index contributed by atoms with van der Waals surface area (Å²) in [5.74, 6) is 1.00. The molecule has 29 heavy (non-hydrogen) atoms. The lowest BCUT2D eigenvalue weighted by molar-refractivity contribution is -0.132. The van der Waals surface area contributed by atoms with Crippen molar-refractivity contribution in [2.75, 3.05) is 68.7 Å². The lowest BCUT2D eigenvalue weighted by Crippen LogP contribution is -2.54. The minimum Gasteiger partial charge on any atom is -0.368 e. The third kappa shape index (κ3) is 4.79. The lowest BCUT2D eigenvalue weighted by atomic mass is 10.2. The van der Waals surface area contributed by atoms with Crippen molar-refractivity contribution in [2.45, 2.75) is 6.92 Å². The van der Waals surface area contributed by atoms with Crippen molar-refractivity contribution >= 4 is 29.0 Å². The number of hydrogen-bond acceptors (Lipinski definition) is 6. The van der Waals surface area contributed by atoms with E-state index in [4.69, 9.17) is 11.6 Å². The van der Waals surface area contributed by atoms with E-state index in [1.54, 1.807) is 6.20 Å². The number of anilines is 2. The van der Waals surface area contributed by atoms with Gasteiger partial charge >= 0.3 is 0 Å². The molecule has 2 aromatic rings. The van der Waals surface area contributed by atoms with Crippen LogP contribution in [0.1, 0.15) is 5.56 Å². The smallest absolute Gasteiger partial charge is 0.236 e. The Hall–Kier alpha value is -2.38. The van der Waals surface area contributed by atoms with E-state index in [1.807, 2.05) is 4.90 Å². The molecule has 154 valence electrons. The molecule has 0 atom stereocenters. The summed E-state index contributed by atoms with van der Waals surface area (Å²) in [6.07, 6.45) is 3.14. The first-order valence-electron chi connectivity index (χ1n) is 10.1. The number of hydrogen-bond donors (Lipinski definition) is 0. The van der Waals surface area contributed by atoms with Crippen LogP contribution in [0.25, 0.3) is 0 Å². The lowest BCUT2D eigenvalue weighted by Gasteiger charge is -2.39. The molecule has 2 saturated heterocycles. The first-order valence-corrected chi connectivity index (χ1v) is 10.5. The van der Waals surface area contributed by atoms with Gasteiger partial charge in [-0.15, -0.1) is 0 Å². The molecule has 4 rings (SSSR count). The SMILES string of the molecule is Cc1cccc(N2CCN(C(=O)CN3CCN(c4ncncc4Cl)CC3)CC2)c1. The van der Waals surface area contributed by atoms with Crippen LogP contribution in [0.2, 0.25) is 5.02 Å². The van der Waals surface area contributed by atoms with Gasteiger partial charge in [0.2, 0.25) is 5.91 Å². The number of carbonyl (C=O) groups is 1. The van der Waals surface area contributed by atoms with E-state index in [2.05, 4.69) is 55.9 Å². The highest BCUT2D eigenvalue weighted by Crippen LogP contribution is 2.22. The quantitative estimate of drug-likeness (QED) is 0.761. The van der Waals surface area contributed by atoms with Crippen molar-refractivity contribution in [3.63, 3.8) is 0 Å². The molecule has 8 heteroatoms. The maximum Gasteiger partial charge on any atom is 0.236 e. The highest BCUT2D eigenvalue weighted by atomic mass is 35.5. The molecule has 1 aromatic carbocycles. The maximum absolute atomic E-state index is 12.8. The van der Waals surface area contributed by atoms with Gasteiger partial charge < -0.3 is 14.7 Å². The van der Waals surface area contributed by atoms with Gasteiger partial charge in [0, 0.05) is 58.0 Å². The molecule has 2 aliphatic rings. The summed E-state index contributed by atoms with van der Waals surface area (Å²) in [6, 6.07) is 8.56. The topological polar surface area (TPSA) is 55.8 Å². The van der Waals surface area contributed by atoms with Gasteiger partial charge in [0.25, 0.3) is 0 Å². The van der Waals surface area contributed by atoms with Gasteiger partial charge in [-0.25, -0.2) is 9.97 Å². The number of aryl methyl sites for hydroxylation is 1. The maximum atomic E-state index is 12.8. The van der Waals surface area contributed by atoms with Crippen LogP contribution in [-0.4, -0.2) is 84.6 Å². The largest absolute Gasteiger partial charge is 0.368 e. The molecule has 0 bridgehead atoms. The van der Waals surface area contributed by atoms with Gasteiger partial charge in [-0.1, -0.05) is 23.7 Å². The minimum atomic E-state index is 0.224. The van der Waals surface area contributed by atoms with E-state index in [1.165, 1.54) is 17.6 Å². The molecule has 0 unspecified atom stereocenters. The fourth-order valence-electron chi connectivity index (χ4n) is 3.99. The van der Waals surface area contributed by atoms with Crippen LogP contribution in [0.5, 0.6) is 0 Å². The zero-order chi connectivity index (χ0) is 20.2. The standard InChI is InChI=1S/C21H27ClN6O/c1-17-3-2-4-18(13-17)26-9-11-27(12-10-26)20(29)15-25-5-7-28(8-6-25)21-19(22)14-23-16-24-21/h2-4,13-14,16H,5-12,15H2,1H3. The average Bonchev–Trinajstić information content (AvgIpc) is 2.75. The van der Waals surface area contributed by atoms with E-state index >= 15 is 0 Å². The summed E-state index contributed by atoms with van der Waals surface area (Å²) >= 11 is 6.20. The Morgan fingerprint density at radius 2 is 1.76 bits per heavy atom. The van der Waals surface area contributed by atoms with Crippen LogP contribution in [-0.2, 0) is 4.79 Å². The van der Waals surface area contributed by atoms with Gasteiger partial charge in [-0.3, -0.25) is 9.69 Å². The molecule has 0 spiro atoms. The minimum absolute atomic E-state index is 0.224. The molecule has 0 N–H and O–H groups in total. The van der Waals surface area contributed by atoms with Crippen LogP contribution in [0, 0.1) is 6.92 Å². The van der Waals surface area contributed by atoms with Crippen molar-refractivity contribution in [3.8, 4) is 0 Å². The third-order valence-corrected chi connectivity index (χ3v) is 5.94. The van der Waals surface area contributed by atoms with Crippen LogP contribution >= 0.6 is 11.6 Å².